The normalized spacial score (nSPS) is 10.7. The number of benzene rings is 1. The number of fused-ring (bicyclic) bond motifs is 1. The third-order valence-corrected chi connectivity index (χ3v) is 2.18. The molecule has 7 heteroatoms. The Morgan fingerprint density at radius 1 is 1.35 bits per heavy atom. The van der Waals surface area contributed by atoms with Gasteiger partial charge in [-0.05, 0) is 12.1 Å². The van der Waals surface area contributed by atoms with E-state index in [1.165, 1.54) is 0 Å². The number of hydrogen-bond acceptors (Lipinski definition) is 4. The van der Waals surface area contributed by atoms with Gasteiger partial charge in [0.05, 0.1) is 0 Å². The van der Waals surface area contributed by atoms with Crippen LogP contribution < -0.4 is 11.4 Å². The lowest BCUT2D eigenvalue weighted by Gasteiger charge is -2.03. The van der Waals surface area contributed by atoms with Crippen LogP contribution in [0.3, 0.4) is 0 Å². The van der Waals surface area contributed by atoms with Gasteiger partial charge in [-0.1, -0.05) is 0 Å². The number of hydrogen-bond donors (Lipinski definition) is 2. The highest BCUT2D eigenvalue weighted by atomic mass is 19.1. The van der Waals surface area contributed by atoms with Crippen molar-refractivity contribution >= 4 is 22.6 Å². The Morgan fingerprint density at radius 2 is 2.00 bits per heavy atom. The second kappa shape index (κ2) is 3.55. The number of rotatable bonds is 1. The van der Waals surface area contributed by atoms with Crippen LogP contribution in [-0.4, -0.2) is 11.1 Å². The molecule has 0 bridgehead atoms. The second-order valence-electron chi connectivity index (χ2n) is 3.26. The number of carbonyl (C=O) groups is 1. The van der Waals surface area contributed by atoms with Crippen LogP contribution in [-0.2, 0) is 0 Å². The fraction of sp³-hybridized carbons (Fsp3) is 0. The van der Waals surface area contributed by atoms with E-state index in [1.54, 1.807) is 0 Å². The Hall–Kier alpha value is -2.44. The number of carboxylic acid groups (broad SMARTS) is 1. The highest BCUT2D eigenvalue weighted by Crippen LogP contribution is 2.25. The zero-order chi connectivity index (χ0) is 12.7. The molecule has 5 nitrogen and oxygen atoms in total. The van der Waals surface area contributed by atoms with Gasteiger partial charge in [0.15, 0.2) is 11.4 Å². The first-order valence-electron chi connectivity index (χ1n) is 4.36. The maximum atomic E-state index is 13.4. The van der Waals surface area contributed by atoms with E-state index in [9.17, 15) is 18.4 Å². The van der Waals surface area contributed by atoms with Gasteiger partial charge in [-0.2, -0.15) is 0 Å². The van der Waals surface area contributed by atoms with E-state index < -0.39 is 40.1 Å². The molecule has 0 saturated carbocycles. The summed E-state index contributed by atoms with van der Waals surface area (Å²) < 4.78 is 31.0. The molecule has 17 heavy (non-hydrogen) atoms. The molecule has 0 aliphatic heterocycles. The summed E-state index contributed by atoms with van der Waals surface area (Å²) in [5, 5.41) is 8.46. The molecule has 0 spiro atoms. The van der Waals surface area contributed by atoms with E-state index in [0.29, 0.717) is 0 Å². The molecule has 0 aliphatic rings. The summed E-state index contributed by atoms with van der Waals surface area (Å²) in [7, 11) is 0. The molecular weight excluding hydrogens is 236 g/mol. The summed E-state index contributed by atoms with van der Waals surface area (Å²) in [5.41, 5.74) is 1.77. The minimum atomic E-state index is -1.54. The molecule has 0 unspecified atom stereocenters. The molecule has 1 heterocycles. The maximum Gasteiger partial charge on any atom is 0.351 e. The third-order valence-electron chi connectivity index (χ3n) is 2.18. The fourth-order valence-electron chi connectivity index (χ4n) is 1.36. The number of carboxylic acids is 1. The van der Waals surface area contributed by atoms with Crippen LogP contribution in [0.15, 0.2) is 21.3 Å². The van der Waals surface area contributed by atoms with Crippen molar-refractivity contribution in [1.82, 2.24) is 0 Å². The van der Waals surface area contributed by atoms with Crippen molar-refractivity contribution in [1.29, 1.82) is 0 Å². The van der Waals surface area contributed by atoms with E-state index >= 15 is 0 Å². The van der Waals surface area contributed by atoms with E-state index in [2.05, 4.69) is 4.42 Å². The van der Waals surface area contributed by atoms with E-state index in [0.717, 1.165) is 12.1 Å². The van der Waals surface area contributed by atoms with Crippen molar-refractivity contribution in [2.45, 2.75) is 0 Å². The lowest BCUT2D eigenvalue weighted by Crippen LogP contribution is -2.13. The predicted octanol–water partition coefficient (Wildman–Crippen LogP) is 1.35. The van der Waals surface area contributed by atoms with E-state index in [4.69, 9.17) is 10.8 Å². The Labute approximate surface area is 92.1 Å². The lowest BCUT2D eigenvalue weighted by molar-refractivity contribution is 0.0692. The monoisotopic (exact) mass is 241 g/mol. The van der Waals surface area contributed by atoms with Gasteiger partial charge in [0.1, 0.15) is 17.1 Å². The quantitative estimate of drug-likeness (QED) is 0.580. The van der Waals surface area contributed by atoms with Gasteiger partial charge in [0.2, 0.25) is 0 Å². The molecule has 0 atom stereocenters. The van der Waals surface area contributed by atoms with Crippen LogP contribution >= 0.6 is 0 Å². The number of nitrogen functional groups attached to an aromatic ring is 1. The molecule has 0 aliphatic carbocycles. The number of anilines is 1. The summed E-state index contributed by atoms with van der Waals surface area (Å²) >= 11 is 0. The van der Waals surface area contributed by atoms with Crippen molar-refractivity contribution in [3.63, 3.8) is 0 Å². The van der Waals surface area contributed by atoms with Gasteiger partial charge in [-0.3, -0.25) is 0 Å². The Bertz CT molecular complexity index is 693. The second-order valence-corrected chi connectivity index (χ2v) is 3.26. The summed E-state index contributed by atoms with van der Waals surface area (Å²) in [5.74, 6) is -3.83. The Morgan fingerprint density at radius 3 is 2.59 bits per heavy atom. The highest BCUT2D eigenvalue weighted by molar-refractivity contribution is 5.92. The molecule has 2 rings (SSSR count). The smallest absolute Gasteiger partial charge is 0.351 e. The standard InChI is InChI=1S/C10H5F2NO4/c11-5-2-3-1-4(9(14)15)10(16)17-8(3)6(12)7(5)13/h1-2H,13H2,(H,14,15). The summed E-state index contributed by atoms with van der Waals surface area (Å²) in [6.45, 7) is 0. The van der Waals surface area contributed by atoms with Crippen LogP contribution in [0.1, 0.15) is 10.4 Å². The molecule has 88 valence electrons. The molecule has 0 radical (unpaired) electrons. The zero-order valence-electron chi connectivity index (χ0n) is 8.16. The van der Waals surface area contributed by atoms with Gasteiger partial charge < -0.3 is 15.3 Å². The van der Waals surface area contributed by atoms with Gasteiger partial charge >= 0.3 is 11.6 Å². The molecule has 2 aromatic rings. The minimum absolute atomic E-state index is 0.189. The van der Waals surface area contributed by atoms with Gasteiger partial charge in [-0.15, -0.1) is 0 Å². The summed E-state index contributed by atoms with van der Waals surface area (Å²) in [6.07, 6.45) is 0. The highest BCUT2D eigenvalue weighted by Gasteiger charge is 2.18. The molecule has 0 fully saturated rings. The first kappa shape index (κ1) is 11.1. The first-order chi connectivity index (χ1) is 7.91. The van der Waals surface area contributed by atoms with Crippen molar-refractivity contribution < 1.29 is 23.1 Å². The van der Waals surface area contributed by atoms with Gasteiger partial charge in [0.25, 0.3) is 0 Å². The molecular formula is C10H5F2NO4. The molecule has 1 aromatic heterocycles. The zero-order valence-corrected chi connectivity index (χ0v) is 8.16. The Kier molecular flexibility index (Phi) is 2.31. The fourth-order valence-corrected chi connectivity index (χ4v) is 1.36. The van der Waals surface area contributed by atoms with Gasteiger partial charge in [0, 0.05) is 5.39 Å². The SMILES string of the molecule is Nc1c(F)cc2cc(C(=O)O)c(=O)oc2c1F. The number of aromatic carboxylic acids is 1. The van der Waals surface area contributed by atoms with Crippen LogP contribution in [0.5, 0.6) is 0 Å². The average molecular weight is 241 g/mol. The molecule has 3 N–H and O–H groups in total. The number of nitrogens with two attached hydrogens (primary N) is 1. The van der Waals surface area contributed by atoms with Crippen LogP contribution in [0.2, 0.25) is 0 Å². The van der Waals surface area contributed by atoms with Crippen LogP contribution in [0.25, 0.3) is 11.0 Å². The third kappa shape index (κ3) is 1.61. The van der Waals surface area contributed by atoms with Crippen LogP contribution in [0.4, 0.5) is 14.5 Å². The molecule has 1 aromatic carbocycles. The van der Waals surface area contributed by atoms with Crippen LogP contribution in [0, 0.1) is 11.6 Å². The lowest BCUT2D eigenvalue weighted by atomic mass is 10.1. The first-order valence-corrected chi connectivity index (χ1v) is 4.36. The maximum absolute atomic E-state index is 13.4. The minimum Gasteiger partial charge on any atom is -0.477 e. The molecule has 0 amide bonds. The Balaban J connectivity index is 2.94. The van der Waals surface area contributed by atoms with Crippen molar-refractivity contribution in [3.8, 4) is 0 Å². The predicted molar refractivity (Wildman–Crippen MR) is 53.8 cm³/mol. The van der Waals surface area contributed by atoms with Crippen molar-refractivity contribution in [2.24, 2.45) is 0 Å². The van der Waals surface area contributed by atoms with Crippen molar-refractivity contribution in [2.75, 3.05) is 5.73 Å². The molecule has 0 saturated heterocycles. The summed E-state index contributed by atoms with van der Waals surface area (Å²) in [6, 6.07) is 1.62. The number of halogens is 2. The van der Waals surface area contributed by atoms with Gasteiger partial charge in [-0.25, -0.2) is 18.4 Å². The van der Waals surface area contributed by atoms with Crippen molar-refractivity contribution in [3.05, 3.63) is 39.8 Å². The average Bonchev–Trinajstić information content (AvgIpc) is 2.26. The topological polar surface area (TPSA) is 93.5 Å². The largest absolute Gasteiger partial charge is 0.477 e. The summed E-state index contributed by atoms with van der Waals surface area (Å²) in [4.78, 5) is 21.8. The van der Waals surface area contributed by atoms with E-state index in [-0.39, 0.29) is 5.39 Å². The van der Waals surface area contributed by atoms with E-state index in [1.807, 2.05) is 0 Å².